The molecule has 0 bridgehead atoms. The van der Waals surface area contributed by atoms with Crippen LogP contribution in [0.1, 0.15) is 43.4 Å². The molecule has 0 fully saturated rings. The highest BCUT2D eigenvalue weighted by molar-refractivity contribution is 5.77. The van der Waals surface area contributed by atoms with E-state index in [4.69, 9.17) is 10.5 Å². The molecule has 1 atom stereocenters. The van der Waals surface area contributed by atoms with Crippen molar-refractivity contribution in [3.05, 3.63) is 28.8 Å². The molecule has 1 rings (SSSR count). The lowest BCUT2D eigenvalue weighted by atomic mass is 9.82. The highest BCUT2D eigenvalue weighted by atomic mass is 16.5. The highest BCUT2D eigenvalue weighted by Gasteiger charge is 2.25. The maximum atomic E-state index is 11.2. The number of benzene rings is 1. The molecule has 106 valence electrons. The number of carboxylic acid groups (broad SMARTS) is 1. The Morgan fingerprint density at radius 2 is 2.00 bits per heavy atom. The fourth-order valence-corrected chi connectivity index (χ4v) is 2.21. The first kappa shape index (κ1) is 15.5. The van der Waals surface area contributed by atoms with E-state index in [-0.39, 0.29) is 12.0 Å². The normalized spacial score (nSPS) is 13.2. The SMILES string of the molecule is COc1c(C)cc(C(CN)C(=O)O)cc1C(C)(C)C. The third kappa shape index (κ3) is 3.26. The van der Waals surface area contributed by atoms with Gasteiger partial charge >= 0.3 is 5.97 Å². The van der Waals surface area contributed by atoms with Crippen molar-refractivity contribution >= 4 is 5.97 Å². The first-order chi connectivity index (χ1) is 8.72. The lowest BCUT2D eigenvalue weighted by molar-refractivity contribution is -0.138. The number of aliphatic carboxylic acids is 1. The lowest BCUT2D eigenvalue weighted by Crippen LogP contribution is -2.22. The molecule has 3 N–H and O–H groups in total. The van der Waals surface area contributed by atoms with Crippen LogP contribution in [0, 0.1) is 6.92 Å². The van der Waals surface area contributed by atoms with Gasteiger partial charge in [0.25, 0.3) is 0 Å². The first-order valence-corrected chi connectivity index (χ1v) is 6.34. The van der Waals surface area contributed by atoms with Crippen LogP contribution < -0.4 is 10.5 Å². The van der Waals surface area contributed by atoms with Gasteiger partial charge in [-0.1, -0.05) is 32.9 Å². The van der Waals surface area contributed by atoms with E-state index in [2.05, 4.69) is 20.8 Å². The van der Waals surface area contributed by atoms with Gasteiger partial charge in [-0.05, 0) is 23.5 Å². The second-order valence-electron chi connectivity index (χ2n) is 5.80. The Kier molecular flexibility index (Phi) is 4.58. The molecule has 0 saturated heterocycles. The summed E-state index contributed by atoms with van der Waals surface area (Å²) >= 11 is 0. The molecule has 1 unspecified atom stereocenters. The largest absolute Gasteiger partial charge is 0.496 e. The monoisotopic (exact) mass is 265 g/mol. The quantitative estimate of drug-likeness (QED) is 0.877. The number of rotatable bonds is 4. The molecule has 0 amide bonds. The molecule has 0 aromatic heterocycles. The molecule has 0 radical (unpaired) electrons. The standard InChI is InChI=1S/C15H23NO3/c1-9-6-10(11(8-16)14(17)18)7-12(13(9)19-5)15(2,3)4/h6-7,11H,8,16H2,1-5H3,(H,17,18). The topological polar surface area (TPSA) is 72.5 Å². The molecule has 1 aromatic carbocycles. The smallest absolute Gasteiger partial charge is 0.312 e. The highest BCUT2D eigenvalue weighted by Crippen LogP contribution is 2.36. The van der Waals surface area contributed by atoms with Crippen LogP contribution >= 0.6 is 0 Å². The van der Waals surface area contributed by atoms with Crippen LogP contribution in [0.4, 0.5) is 0 Å². The summed E-state index contributed by atoms with van der Waals surface area (Å²) in [5.74, 6) is -0.755. The van der Waals surface area contributed by atoms with Crippen LogP contribution in [-0.2, 0) is 10.2 Å². The summed E-state index contributed by atoms with van der Waals surface area (Å²) in [5, 5.41) is 9.23. The van der Waals surface area contributed by atoms with E-state index in [1.54, 1.807) is 7.11 Å². The molecule has 4 nitrogen and oxygen atoms in total. The van der Waals surface area contributed by atoms with Crippen molar-refractivity contribution in [1.82, 2.24) is 0 Å². The summed E-state index contributed by atoms with van der Waals surface area (Å²) in [4.78, 5) is 11.2. The van der Waals surface area contributed by atoms with Crippen molar-refractivity contribution in [2.75, 3.05) is 13.7 Å². The summed E-state index contributed by atoms with van der Waals surface area (Å²) in [6.45, 7) is 8.24. The van der Waals surface area contributed by atoms with Crippen LogP contribution in [0.3, 0.4) is 0 Å². The first-order valence-electron chi connectivity index (χ1n) is 6.34. The van der Waals surface area contributed by atoms with Gasteiger partial charge in [0.1, 0.15) is 5.75 Å². The van der Waals surface area contributed by atoms with E-state index in [9.17, 15) is 9.90 Å². The molecule has 0 aliphatic rings. The summed E-state index contributed by atoms with van der Waals surface area (Å²) in [7, 11) is 1.63. The molecule has 0 spiro atoms. The van der Waals surface area contributed by atoms with Gasteiger partial charge in [0.15, 0.2) is 0 Å². The zero-order valence-corrected chi connectivity index (χ0v) is 12.3. The zero-order chi connectivity index (χ0) is 14.8. The Balaban J connectivity index is 3.47. The van der Waals surface area contributed by atoms with Crippen molar-refractivity contribution < 1.29 is 14.6 Å². The fraction of sp³-hybridized carbons (Fsp3) is 0.533. The summed E-state index contributed by atoms with van der Waals surface area (Å²) in [6, 6.07) is 3.75. The number of hydrogen-bond donors (Lipinski definition) is 2. The predicted octanol–water partition coefficient (Wildman–Crippen LogP) is 2.43. The minimum Gasteiger partial charge on any atom is -0.496 e. The Morgan fingerprint density at radius 1 is 1.42 bits per heavy atom. The molecule has 19 heavy (non-hydrogen) atoms. The van der Waals surface area contributed by atoms with Crippen molar-refractivity contribution in [3.63, 3.8) is 0 Å². The van der Waals surface area contributed by atoms with Gasteiger partial charge in [0, 0.05) is 12.1 Å². The van der Waals surface area contributed by atoms with Gasteiger partial charge in [0.05, 0.1) is 13.0 Å². The number of methoxy groups -OCH3 is 1. The molecule has 0 aliphatic carbocycles. The summed E-state index contributed by atoms with van der Waals surface area (Å²) < 4.78 is 5.45. The van der Waals surface area contributed by atoms with E-state index < -0.39 is 11.9 Å². The molecular formula is C15H23NO3. The van der Waals surface area contributed by atoms with Crippen molar-refractivity contribution in [2.45, 2.75) is 39.0 Å². The number of hydrogen-bond acceptors (Lipinski definition) is 3. The molecule has 0 heterocycles. The summed E-state index contributed by atoms with van der Waals surface area (Å²) in [6.07, 6.45) is 0. The van der Waals surface area contributed by atoms with Crippen LogP contribution in [0.15, 0.2) is 12.1 Å². The average Bonchev–Trinajstić information content (AvgIpc) is 2.27. The van der Waals surface area contributed by atoms with Gasteiger partial charge in [-0.25, -0.2) is 0 Å². The molecule has 0 aliphatic heterocycles. The van der Waals surface area contributed by atoms with Crippen LogP contribution in [0.5, 0.6) is 5.75 Å². The minimum atomic E-state index is -0.896. The Labute approximate surface area is 114 Å². The van der Waals surface area contributed by atoms with Crippen LogP contribution in [0.25, 0.3) is 0 Å². The van der Waals surface area contributed by atoms with Crippen molar-refractivity contribution in [2.24, 2.45) is 5.73 Å². The van der Waals surface area contributed by atoms with Gasteiger partial charge in [-0.3, -0.25) is 4.79 Å². The Morgan fingerprint density at radius 3 is 2.37 bits per heavy atom. The van der Waals surface area contributed by atoms with Crippen molar-refractivity contribution in [1.29, 1.82) is 0 Å². The van der Waals surface area contributed by atoms with Gasteiger partial charge in [-0.2, -0.15) is 0 Å². The van der Waals surface area contributed by atoms with Crippen LogP contribution in [-0.4, -0.2) is 24.7 Å². The maximum absolute atomic E-state index is 11.2. The number of nitrogens with two attached hydrogens (primary N) is 1. The van der Waals surface area contributed by atoms with Gasteiger partial charge < -0.3 is 15.6 Å². The third-order valence-corrected chi connectivity index (χ3v) is 3.25. The average molecular weight is 265 g/mol. The number of aryl methyl sites for hydroxylation is 1. The van der Waals surface area contributed by atoms with E-state index in [1.807, 2.05) is 19.1 Å². The van der Waals surface area contributed by atoms with E-state index in [0.717, 1.165) is 22.4 Å². The van der Waals surface area contributed by atoms with Gasteiger partial charge in [0.2, 0.25) is 0 Å². The zero-order valence-electron chi connectivity index (χ0n) is 12.3. The fourth-order valence-electron chi connectivity index (χ4n) is 2.21. The minimum absolute atomic E-state index is 0.0880. The predicted molar refractivity (Wildman–Crippen MR) is 75.9 cm³/mol. The van der Waals surface area contributed by atoms with E-state index in [1.165, 1.54) is 0 Å². The summed E-state index contributed by atoms with van der Waals surface area (Å²) in [5.41, 5.74) is 8.13. The third-order valence-electron chi connectivity index (χ3n) is 3.25. The molecule has 4 heteroatoms. The Bertz CT molecular complexity index is 475. The lowest BCUT2D eigenvalue weighted by Gasteiger charge is -2.25. The maximum Gasteiger partial charge on any atom is 0.312 e. The second-order valence-corrected chi connectivity index (χ2v) is 5.80. The molecule has 1 aromatic rings. The number of ether oxygens (including phenoxy) is 1. The van der Waals surface area contributed by atoms with E-state index >= 15 is 0 Å². The number of carboxylic acids is 1. The van der Waals surface area contributed by atoms with Crippen molar-refractivity contribution in [3.8, 4) is 5.75 Å². The second kappa shape index (κ2) is 5.61. The van der Waals surface area contributed by atoms with Gasteiger partial charge in [-0.15, -0.1) is 0 Å². The Hall–Kier alpha value is -1.55. The molecule has 0 saturated carbocycles. The molecular weight excluding hydrogens is 242 g/mol. The number of carbonyl (C=O) groups is 1. The van der Waals surface area contributed by atoms with E-state index in [0.29, 0.717) is 0 Å². The van der Waals surface area contributed by atoms with Crippen LogP contribution in [0.2, 0.25) is 0 Å².